The van der Waals surface area contributed by atoms with Crippen LogP contribution in [0.2, 0.25) is 5.02 Å². The molecule has 0 radical (unpaired) electrons. The fourth-order valence-electron chi connectivity index (χ4n) is 2.96. The van der Waals surface area contributed by atoms with Gasteiger partial charge in [-0.15, -0.1) is 0 Å². The van der Waals surface area contributed by atoms with Gasteiger partial charge < -0.3 is 10.1 Å². The molecule has 0 aliphatic carbocycles. The van der Waals surface area contributed by atoms with Crippen molar-refractivity contribution in [1.29, 1.82) is 0 Å². The Hall–Kier alpha value is -0.640. The predicted molar refractivity (Wildman–Crippen MR) is 87.5 cm³/mol. The summed E-state index contributed by atoms with van der Waals surface area (Å²) in [7, 11) is 0. The summed E-state index contributed by atoms with van der Waals surface area (Å²) >= 11 is 6.18. The van der Waals surface area contributed by atoms with Crippen LogP contribution < -0.4 is 5.32 Å². The van der Waals surface area contributed by atoms with E-state index < -0.39 is 0 Å². The van der Waals surface area contributed by atoms with Gasteiger partial charge in [-0.3, -0.25) is 0 Å². The highest BCUT2D eigenvalue weighted by Gasteiger charge is 2.36. The average Bonchev–Trinajstić information content (AvgIpc) is 2.48. The molecule has 0 fully saturated rings. The minimum atomic E-state index is -0.295. The molecule has 21 heavy (non-hydrogen) atoms. The lowest BCUT2D eigenvalue weighted by Crippen LogP contribution is -2.53. The lowest BCUT2D eigenvalue weighted by atomic mass is 9.84. The number of ether oxygens (including phenoxy) is 1. The predicted octanol–water partition coefficient (Wildman–Crippen LogP) is 4.60. The van der Waals surface area contributed by atoms with Crippen LogP contribution in [0.15, 0.2) is 18.2 Å². The largest absolute Gasteiger partial charge is 0.374 e. The van der Waals surface area contributed by atoms with E-state index in [-0.39, 0.29) is 17.5 Å². The SMILES string of the molecule is CCNC(Cc1c(F)cccc1Cl)C(CC)(CC)OCC. The quantitative estimate of drug-likeness (QED) is 0.719. The fraction of sp³-hybridized carbons (Fsp3) is 0.647. The molecule has 0 amide bonds. The van der Waals surface area contributed by atoms with Crippen LogP contribution in [0.5, 0.6) is 0 Å². The van der Waals surface area contributed by atoms with E-state index in [1.54, 1.807) is 12.1 Å². The summed E-state index contributed by atoms with van der Waals surface area (Å²) in [5, 5.41) is 3.94. The van der Waals surface area contributed by atoms with Crippen molar-refractivity contribution in [1.82, 2.24) is 5.32 Å². The van der Waals surface area contributed by atoms with E-state index in [0.717, 1.165) is 19.4 Å². The summed E-state index contributed by atoms with van der Waals surface area (Å²) < 4.78 is 20.1. The molecule has 1 N–H and O–H groups in total. The second-order valence-corrected chi connectivity index (χ2v) is 5.63. The van der Waals surface area contributed by atoms with Gasteiger partial charge in [0.25, 0.3) is 0 Å². The molecule has 2 nitrogen and oxygen atoms in total. The van der Waals surface area contributed by atoms with Gasteiger partial charge in [-0.1, -0.05) is 38.4 Å². The van der Waals surface area contributed by atoms with E-state index in [0.29, 0.717) is 23.6 Å². The number of halogens is 2. The topological polar surface area (TPSA) is 21.3 Å². The second-order valence-electron chi connectivity index (χ2n) is 5.22. The molecule has 0 aromatic heterocycles. The zero-order chi connectivity index (χ0) is 15.9. The molecule has 0 aliphatic rings. The van der Waals surface area contributed by atoms with Gasteiger partial charge in [0.2, 0.25) is 0 Å². The molecular weight excluding hydrogens is 289 g/mol. The molecule has 0 saturated heterocycles. The molecule has 1 aromatic rings. The first kappa shape index (κ1) is 18.4. The molecular formula is C17H27ClFNO. The summed E-state index contributed by atoms with van der Waals surface area (Å²) in [6.07, 6.45) is 2.28. The van der Waals surface area contributed by atoms with Crippen molar-refractivity contribution in [3.63, 3.8) is 0 Å². The molecule has 4 heteroatoms. The summed E-state index contributed by atoms with van der Waals surface area (Å²) in [5.41, 5.74) is 0.271. The maximum absolute atomic E-state index is 14.1. The molecule has 0 aliphatic heterocycles. The van der Waals surface area contributed by atoms with Crippen LogP contribution >= 0.6 is 11.6 Å². The minimum absolute atomic E-state index is 0.0341. The third-order valence-electron chi connectivity index (χ3n) is 4.18. The van der Waals surface area contributed by atoms with Crippen LogP contribution in [0.3, 0.4) is 0 Å². The lowest BCUT2D eigenvalue weighted by Gasteiger charge is -2.40. The van der Waals surface area contributed by atoms with Gasteiger partial charge in [0, 0.05) is 23.2 Å². The number of nitrogens with one attached hydrogen (secondary N) is 1. The van der Waals surface area contributed by atoms with Crippen LogP contribution in [0, 0.1) is 5.82 Å². The van der Waals surface area contributed by atoms with Gasteiger partial charge in [0.15, 0.2) is 0 Å². The number of hydrogen-bond donors (Lipinski definition) is 1. The molecule has 1 atom stereocenters. The highest BCUT2D eigenvalue weighted by atomic mass is 35.5. The first-order valence-electron chi connectivity index (χ1n) is 7.84. The Morgan fingerprint density at radius 3 is 2.38 bits per heavy atom. The number of rotatable bonds is 9. The maximum atomic E-state index is 14.1. The zero-order valence-electron chi connectivity index (χ0n) is 13.5. The standard InChI is InChI=1S/C17H27ClFNO/c1-5-17(6-2,21-8-4)16(20-7-3)12-13-14(18)10-9-11-15(13)19/h9-11,16,20H,5-8,12H2,1-4H3. The minimum Gasteiger partial charge on any atom is -0.374 e. The van der Waals surface area contributed by atoms with Crippen LogP contribution in [0.25, 0.3) is 0 Å². The highest BCUT2D eigenvalue weighted by molar-refractivity contribution is 6.31. The van der Waals surface area contributed by atoms with E-state index in [4.69, 9.17) is 16.3 Å². The molecule has 1 aromatic carbocycles. The molecule has 1 rings (SSSR count). The Kier molecular flexibility index (Phi) is 7.64. The van der Waals surface area contributed by atoms with Crippen molar-refractivity contribution in [2.75, 3.05) is 13.2 Å². The lowest BCUT2D eigenvalue weighted by molar-refractivity contribution is -0.0717. The molecule has 0 saturated carbocycles. The first-order valence-corrected chi connectivity index (χ1v) is 8.22. The Bertz CT molecular complexity index is 415. The van der Waals surface area contributed by atoms with Crippen molar-refractivity contribution in [2.24, 2.45) is 0 Å². The summed E-state index contributed by atoms with van der Waals surface area (Å²) in [6.45, 7) is 9.75. The Morgan fingerprint density at radius 2 is 1.90 bits per heavy atom. The van der Waals surface area contributed by atoms with Gasteiger partial charge in [-0.05, 0) is 44.9 Å². The van der Waals surface area contributed by atoms with Gasteiger partial charge >= 0.3 is 0 Å². The first-order chi connectivity index (χ1) is 10.0. The summed E-state index contributed by atoms with van der Waals surface area (Å²) in [5.74, 6) is -0.247. The van der Waals surface area contributed by atoms with Crippen molar-refractivity contribution in [3.05, 3.63) is 34.6 Å². The van der Waals surface area contributed by atoms with Crippen molar-refractivity contribution in [2.45, 2.75) is 58.6 Å². The number of benzene rings is 1. The monoisotopic (exact) mass is 315 g/mol. The van der Waals surface area contributed by atoms with Crippen molar-refractivity contribution in [3.8, 4) is 0 Å². The van der Waals surface area contributed by atoms with Gasteiger partial charge in [0.05, 0.1) is 5.60 Å². The van der Waals surface area contributed by atoms with E-state index in [1.165, 1.54) is 6.07 Å². The van der Waals surface area contributed by atoms with E-state index in [2.05, 4.69) is 26.1 Å². The smallest absolute Gasteiger partial charge is 0.127 e. The van der Waals surface area contributed by atoms with Crippen molar-refractivity contribution >= 4 is 11.6 Å². The van der Waals surface area contributed by atoms with Crippen molar-refractivity contribution < 1.29 is 9.13 Å². The molecule has 120 valence electrons. The van der Waals surface area contributed by atoms with Gasteiger partial charge in [-0.25, -0.2) is 4.39 Å². The van der Waals surface area contributed by atoms with Crippen LogP contribution in [-0.2, 0) is 11.2 Å². The average molecular weight is 316 g/mol. The van der Waals surface area contributed by atoms with E-state index in [1.807, 2.05) is 6.92 Å². The molecule has 0 bridgehead atoms. The number of likely N-dealkylation sites (N-methyl/N-ethyl adjacent to an activating group) is 1. The van der Waals surface area contributed by atoms with E-state index in [9.17, 15) is 4.39 Å². The third-order valence-corrected chi connectivity index (χ3v) is 4.54. The fourth-order valence-corrected chi connectivity index (χ4v) is 3.20. The summed E-state index contributed by atoms with van der Waals surface area (Å²) in [4.78, 5) is 0. The van der Waals surface area contributed by atoms with Crippen LogP contribution in [-0.4, -0.2) is 24.8 Å². The van der Waals surface area contributed by atoms with E-state index >= 15 is 0 Å². The molecule has 0 heterocycles. The molecule has 0 spiro atoms. The molecule has 1 unspecified atom stereocenters. The third kappa shape index (κ3) is 4.41. The highest BCUT2D eigenvalue weighted by Crippen LogP contribution is 2.30. The van der Waals surface area contributed by atoms with Crippen LogP contribution in [0.1, 0.15) is 46.1 Å². The Morgan fingerprint density at radius 1 is 1.24 bits per heavy atom. The Labute approximate surface area is 133 Å². The maximum Gasteiger partial charge on any atom is 0.127 e. The number of hydrogen-bond acceptors (Lipinski definition) is 2. The zero-order valence-corrected chi connectivity index (χ0v) is 14.3. The second kappa shape index (κ2) is 8.72. The summed E-state index contributed by atoms with van der Waals surface area (Å²) in [6, 6.07) is 4.87. The van der Waals surface area contributed by atoms with Gasteiger partial charge in [-0.2, -0.15) is 0 Å². The Balaban J connectivity index is 3.10. The van der Waals surface area contributed by atoms with Gasteiger partial charge in [0.1, 0.15) is 5.82 Å². The normalized spacial score (nSPS) is 13.4. The van der Waals surface area contributed by atoms with Crippen LogP contribution in [0.4, 0.5) is 4.39 Å².